The zero-order valence-electron chi connectivity index (χ0n) is 18.8. The molecule has 0 aliphatic rings. The Morgan fingerprint density at radius 1 is 1.00 bits per heavy atom. The van der Waals surface area contributed by atoms with Gasteiger partial charge in [-0.05, 0) is 37.1 Å². The number of hydrogen-bond acceptors (Lipinski definition) is 6. The van der Waals surface area contributed by atoms with Gasteiger partial charge in [-0.15, -0.1) is 0 Å². The van der Waals surface area contributed by atoms with Crippen molar-refractivity contribution < 1.29 is 18.6 Å². The van der Waals surface area contributed by atoms with E-state index in [0.29, 0.717) is 5.69 Å². The second-order valence-electron chi connectivity index (χ2n) is 8.06. The molecule has 10 heteroatoms. The maximum Gasteiger partial charge on any atom is 0.348 e. The van der Waals surface area contributed by atoms with Crippen LogP contribution in [0.4, 0.5) is 0 Å². The van der Waals surface area contributed by atoms with Gasteiger partial charge in [0.1, 0.15) is 16.4 Å². The number of nitrogens with one attached hydrogen (secondary N) is 1. The lowest BCUT2D eigenvalue weighted by Crippen LogP contribution is -2.26. The largest absolute Gasteiger partial charge is 0.507 e. The highest BCUT2D eigenvalue weighted by molar-refractivity contribution is 7.89. The van der Waals surface area contributed by atoms with Crippen molar-refractivity contribution in [2.24, 2.45) is 0 Å². The molecule has 0 amide bonds. The normalized spacial score (nSPS) is 11.8. The molecule has 0 aliphatic carbocycles. The maximum absolute atomic E-state index is 13.3. The molecule has 0 spiro atoms. The molecule has 0 unspecified atom stereocenters. The molecule has 3 N–H and O–H groups in total. The van der Waals surface area contributed by atoms with Gasteiger partial charge in [-0.1, -0.05) is 48.0 Å². The minimum Gasteiger partial charge on any atom is -0.507 e. The Hall–Kier alpha value is -3.89. The van der Waals surface area contributed by atoms with Crippen LogP contribution in [-0.2, 0) is 16.6 Å². The Bertz CT molecular complexity index is 1520. The molecule has 0 radical (unpaired) electrons. The molecular formula is C24H24N4O5S. The van der Waals surface area contributed by atoms with Gasteiger partial charge in [0.25, 0.3) is 0 Å². The SMILES string of the molecule is Cc1ccc(CN(C)S(=O)(=O)c2cc(-c3n[nH]c(=O)n3-c3ccccc3C)c(O)cc2O)cc1. The molecule has 176 valence electrons. The van der Waals surface area contributed by atoms with E-state index in [-0.39, 0.29) is 17.9 Å². The average molecular weight is 481 g/mol. The Labute approximate surface area is 196 Å². The molecule has 34 heavy (non-hydrogen) atoms. The fraction of sp³-hybridized carbons (Fsp3) is 0.167. The van der Waals surface area contributed by atoms with Crippen LogP contribution in [0.15, 0.2) is 70.4 Å². The van der Waals surface area contributed by atoms with E-state index >= 15 is 0 Å². The highest BCUT2D eigenvalue weighted by Gasteiger charge is 2.28. The van der Waals surface area contributed by atoms with Crippen molar-refractivity contribution in [3.05, 3.63) is 87.8 Å². The van der Waals surface area contributed by atoms with E-state index in [9.17, 15) is 23.4 Å². The Morgan fingerprint density at radius 3 is 2.35 bits per heavy atom. The fourth-order valence-electron chi connectivity index (χ4n) is 3.66. The van der Waals surface area contributed by atoms with Crippen LogP contribution in [0.1, 0.15) is 16.7 Å². The number of aryl methyl sites for hydroxylation is 2. The Balaban J connectivity index is 1.81. The standard InChI is InChI=1S/C24H24N4O5S/c1-15-8-10-17(11-9-15)14-27(3)34(32,33)22-12-18(20(29)13-21(22)30)23-25-26-24(31)28(23)19-7-5-4-6-16(19)2/h4-13,29-30H,14H2,1-3H3,(H,26,31). The van der Waals surface area contributed by atoms with E-state index in [4.69, 9.17) is 0 Å². The van der Waals surface area contributed by atoms with E-state index < -0.39 is 32.1 Å². The summed E-state index contributed by atoms with van der Waals surface area (Å²) in [6.07, 6.45) is 0. The van der Waals surface area contributed by atoms with E-state index in [1.54, 1.807) is 12.1 Å². The number of benzene rings is 3. The number of rotatable bonds is 6. The van der Waals surface area contributed by atoms with Crippen LogP contribution in [0.25, 0.3) is 17.1 Å². The molecule has 4 aromatic rings. The monoisotopic (exact) mass is 480 g/mol. The summed E-state index contributed by atoms with van der Waals surface area (Å²) in [4.78, 5) is 12.1. The van der Waals surface area contributed by atoms with Crippen LogP contribution < -0.4 is 5.69 Å². The van der Waals surface area contributed by atoms with Crippen LogP contribution in [0.2, 0.25) is 0 Å². The lowest BCUT2D eigenvalue weighted by atomic mass is 10.1. The van der Waals surface area contributed by atoms with Gasteiger partial charge in [0.05, 0.1) is 11.3 Å². The zero-order valence-corrected chi connectivity index (χ0v) is 19.7. The second-order valence-corrected chi connectivity index (χ2v) is 10.1. The summed E-state index contributed by atoms with van der Waals surface area (Å²) in [5.41, 5.74) is 2.53. The summed E-state index contributed by atoms with van der Waals surface area (Å²) in [5.74, 6) is -1.03. The van der Waals surface area contributed by atoms with Crippen molar-refractivity contribution in [2.45, 2.75) is 25.3 Å². The molecule has 0 saturated carbocycles. The number of aromatic nitrogens is 3. The number of H-pyrrole nitrogens is 1. The van der Waals surface area contributed by atoms with Crippen LogP contribution in [0, 0.1) is 13.8 Å². The van der Waals surface area contributed by atoms with Crippen molar-refractivity contribution in [3.63, 3.8) is 0 Å². The number of phenols is 2. The molecule has 0 saturated heterocycles. The van der Waals surface area contributed by atoms with Crippen molar-refractivity contribution in [1.82, 2.24) is 19.1 Å². The van der Waals surface area contributed by atoms with Gasteiger partial charge in [0, 0.05) is 19.7 Å². The Morgan fingerprint density at radius 2 is 1.68 bits per heavy atom. The van der Waals surface area contributed by atoms with Crippen molar-refractivity contribution in [2.75, 3.05) is 7.05 Å². The van der Waals surface area contributed by atoms with Gasteiger partial charge in [-0.2, -0.15) is 9.40 Å². The molecule has 0 atom stereocenters. The van der Waals surface area contributed by atoms with Gasteiger partial charge in [0.2, 0.25) is 10.0 Å². The van der Waals surface area contributed by atoms with E-state index in [2.05, 4.69) is 10.2 Å². The number of para-hydroxylation sites is 1. The number of nitrogens with zero attached hydrogens (tertiary/aromatic N) is 3. The number of sulfonamides is 1. The minimum atomic E-state index is -4.16. The number of phenolic OH excluding ortho intramolecular Hbond substituents is 2. The highest BCUT2D eigenvalue weighted by Crippen LogP contribution is 2.37. The molecule has 4 rings (SSSR count). The quantitative estimate of drug-likeness (QED) is 0.389. The summed E-state index contributed by atoms with van der Waals surface area (Å²) < 4.78 is 29.0. The zero-order chi connectivity index (χ0) is 24.6. The summed E-state index contributed by atoms with van der Waals surface area (Å²) >= 11 is 0. The third-order valence-corrected chi connectivity index (χ3v) is 7.39. The van der Waals surface area contributed by atoms with E-state index in [0.717, 1.165) is 33.1 Å². The lowest BCUT2D eigenvalue weighted by molar-refractivity contribution is 0.430. The number of hydrogen-bond donors (Lipinski definition) is 3. The van der Waals surface area contributed by atoms with Crippen LogP contribution in [0.3, 0.4) is 0 Å². The molecule has 9 nitrogen and oxygen atoms in total. The van der Waals surface area contributed by atoms with Crippen molar-refractivity contribution in [3.8, 4) is 28.6 Å². The molecule has 0 aliphatic heterocycles. The first-order chi connectivity index (χ1) is 16.1. The summed E-state index contributed by atoms with van der Waals surface area (Å²) in [5, 5.41) is 27.3. The highest BCUT2D eigenvalue weighted by atomic mass is 32.2. The summed E-state index contributed by atoms with van der Waals surface area (Å²) in [6, 6.07) is 16.6. The molecule has 0 fully saturated rings. The molecule has 1 aromatic heterocycles. The smallest absolute Gasteiger partial charge is 0.348 e. The van der Waals surface area contributed by atoms with Crippen LogP contribution in [0.5, 0.6) is 11.5 Å². The van der Waals surface area contributed by atoms with Gasteiger partial charge in [0.15, 0.2) is 5.82 Å². The van der Waals surface area contributed by atoms with E-state index in [1.807, 2.05) is 50.2 Å². The predicted molar refractivity (Wildman–Crippen MR) is 128 cm³/mol. The second kappa shape index (κ2) is 8.81. The van der Waals surface area contributed by atoms with Gasteiger partial charge in [-0.3, -0.25) is 0 Å². The predicted octanol–water partition coefficient (Wildman–Crippen LogP) is 3.08. The first-order valence-corrected chi connectivity index (χ1v) is 11.8. The fourth-order valence-corrected chi connectivity index (χ4v) is 4.91. The molecule has 0 bridgehead atoms. The average Bonchev–Trinajstić information content (AvgIpc) is 3.16. The molecular weight excluding hydrogens is 456 g/mol. The minimum absolute atomic E-state index is 0.00874. The Kier molecular flexibility index (Phi) is 6.03. The van der Waals surface area contributed by atoms with Crippen molar-refractivity contribution >= 4 is 10.0 Å². The third kappa shape index (κ3) is 4.20. The van der Waals surface area contributed by atoms with E-state index in [1.165, 1.54) is 11.6 Å². The topological polar surface area (TPSA) is 129 Å². The van der Waals surface area contributed by atoms with Crippen LogP contribution >= 0.6 is 0 Å². The van der Waals surface area contributed by atoms with Gasteiger partial charge >= 0.3 is 5.69 Å². The van der Waals surface area contributed by atoms with Gasteiger partial charge < -0.3 is 10.2 Å². The first kappa shape index (κ1) is 23.3. The van der Waals surface area contributed by atoms with Crippen LogP contribution in [-0.4, -0.2) is 44.7 Å². The maximum atomic E-state index is 13.3. The van der Waals surface area contributed by atoms with Crippen molar-refractivity contribution in [1.29, 1.82) is 0 Å². The first-order valence-electron chi connectivity index (χ1n) is 10.4. The molecule has 1 heterocycles. The third-order valence-electron chi connectivity index (χ3n) is 5.56. The number of aromatic hydroxyl groups is 2. The summed E-state index contributed by atoms with van der Waals surface area (Å²) in [7, 11) is -2.76. The van der Waals surface area contributed by atoms with Gasteiger partial charge in [-0.25, -0.2) is 22.9 Å². The summed E-state index contributed by atoms with van der Waals surface area (Å²) in [6.45, 7) is 3.82. The number of aromatic amines is 1. The molecule has 3 aromatic carbocycles. The lowest BCUT2D eigenvalue weighted by Gasteiger charge is -2.19.